The van der Waals surface area contributed by atoms with Gasteiger partial charge in [-0.15, -0.1) is 0 Å². The Morgan fingerprint density at radius 2 is 2.22 bits per heavy atom. The number of halogens is 1. The molecule has 1 N–H and O–H groups in total. The first-order chi connectivity index (χ1) is 8.61. The molecule has 0 saturated carbocycles. The third kappa shape index (κ3) is 3.05. The zero-order valence-electron chi connectivity index (χ0n) is 11.0. The van der Waals surface area contributed by atoms with E-state index in [4.69, 9.17) is 0 Å². The van der Waals surface area contributed by atoms with Crippen LogP contribution in [0, 0.1) is 0 Å². The molecule has 0 radical (unpaired) electrons. The molecule has 3 nitrogen and oxygen atoms in total. The maximum Gasteiger partial charge on any atom is 0.0650 e. The summed E-state index contributed by atoms with van der Waals surface area (Å²) >= 11 is 3.52. The highest BCUT2D eigenvalue weighted by Gasteiger charge is 2.27. The van der Waals surface area contributed by atoms with Crippen LogP contribution in [0.1, 0.15) is 13.3 Å². The van der Waals surface area contributed by atoms with Crippen molar-refractivity contribution in [1.82, 2.24) is 4.90 Å². The van der Waals surface area contributed by atoms with Crippen molar-refractivity contribution >= 4 is 21.6 Å². The van der Waals surface area contributed by atoms with Crippen molar-refractivity contribution in [3.63, 3.8) is 0 Å². The van der Waals surface area contributed by atoms with Gasteiger partial charge in [-0.1, -0.05) is 22.0 Å². The average molecular weight is 313 g/mol. The SMILES string of the molecule is CC1CCN(C)CC(CO)N1c1cccc(Br)c1. The highest BCUT2D eigenvalue weighted by molar-refractivity contribution is 9.10. The van der Waals surface area contributed by atoms with Crippen LogP contribution >= 0.6 is 15.9 Å². The van der Waals surface area contributed by atoms with E-state index in [-0.39, 0.29) is 12.6 Å². The Hall–Kier alpha value is -0.580. The van der Waals surface area contributed by atoms with Gasteiger partial charge >= 0.3 is 0 Å². The van der Waals surface area contributed by atoms with Crippen LogP contribution in [0.5, 0.6) is 0 Å². The molecule has 0 bridgehead atoms. The first kappa shape index (κ1) is 13.8. The van der Waals surface area contributed by atoms with E-state index in [2.05, 4.69) is 57.9 Å². The second-order valence-corrected chi connectivity index (χ2v) is 6.04. The van der Waals surface area contributed by atoms with Gasteiger partial charge in [-0.2, -0.15) is 0 Å². The third-order valence-corrected chi connectivity index (χ3v) is 4.13. The lowest BCUT2D eigenvalue weighted by atomic mass is 10.1. The van der Waals surface area contributed by atoms with Crippen LogP contribution in [-0.4, -0.2) is 48.8 Å². The fourth-order valence-corrected chi connectivity index (χ4v) is 3.08. The summed E-state index contributed by atoms with van der Waals surface area (Å²) in [6, 6.07) is 8.95. The van der Waals surface area contributed by atoms with Gasteiger partial charge in [-0.3, -0.25) is 0 Å². The van der Waals surface area contributed by atoms with Gasteiger partial charge in [0, 0.05) is 22.7 Å². The molecule has 1 fully saturated rings. The van der Waals surface area contributed by atoms with Crippen molar-refractivity contribution in [2.45, 2.75) is 25.4 Å². The van der Waals surface area contributed by atoms with E-state index in [1.54, 1.807) is 0 Å². The molecule has 1 heterocycles. The summed E-state index contributed by atoms with van der Waals surface area (Å²) < 4.78 is 1.08. The molecule has 0 spiro atoms. The van der Waals surface area contributed by atoms with Gasteiger partial charge in [0.2, 0.25) is 0 Å². The molecule has 4 heteroatoms. The molecule has 2 atom stereocenters. The molecular formula is C14H21BrN2O. The molecule has 18 heavy (non-hydrogen) atoms. The number of rotatable bonds is 2. The Labute approximate surface area is 118 Å². The highest BCUT2D eigenvalue weighted by atomic mass is 79.9. The molecule has 100 valence electrons. The predicted octanol–water partition coefficient (Wildman–Crippen LogP) is 2.34. The van der Waals surface area contributed by atoms with Crippen LogP contribution in [0.2, 0.25) is 0 Å². The van der Waals surface area contributed by atoms with Crippen LogP contribution < -0.4 is 4.90 Å². The predicted molar refractivity (Wildman–Crippen MR) is 79.1 cm³/mol. The maximum absolute atomic E-state index is 9.67. The second kappa shape index (κ2) is 6.04. The van der Waals surface area contributed by atoms with Gasteiger partial charge in [-0.05, 0) is 45.1 Å². The summed E-state index contributed by atoms with van der Waals surface area (Å²) in [4.78, 5) is 4.66. The number of aliphatic hydroxyl groups excluding tert-OH is 1. The Morgan fingerprint density at radius 1 is 1.44 bits per heavy atom. The van der Waals surface area contributed by atoms with E-state index in [0.717, 1.165) is 24.0 Å². The fourth-order valence-electron chi connectivity index (χ4n) is 2.69. The summed E-state index contributed by atoms with van der Waals surface area (Å²) in [5.74, 6) is 0. The molecule has 0 amide bonds. The molecule has 1 aliphatic rings. The Morgan fingerprint density at radius 3 is 2.89 bits per heavy atom. The summed E-state index contributed by atoms with van der Waals surface area (Å²) in [5.41, 5.74) is 1.19. The van der Waals surface area contributed by atoms with E-state index in [9.17, 15) is 5.11 Å². The first-order valence-corrected chi connectivity index (χ1v) is 7.24. The molecule has 1 saturated heterocycles. The number of nitrogens with zero attached hydrogens (tertiary/aromatic N) is 2. The number of hydrogen-bond acceptors (Lipinski definition) is 3. The zero-order valence-corrected chi connectivity index (χ0v) is 12.6. The monoisotopic (exact) mass is 312 g/mol. The standard InChI is InChI=1S/C14H21BrN2O/c1-11-6-7-16(2)9-14(10-18)17(11)13-5-3-4-12(15)8-13/h3-5,8,11,14,18H,6-7,9-10H2,1-2H3. The van der Waals surface area contributed by atoms with E-state index in [0.29, 0.717) is 6.04 Å². The van der Waals surface area contributed by atoms with Crippen molar-refractivity contribution in [2.24, 2.45) is 0 Å². The number of benzene rings is 1. The van der Waals surface area contributed by atoms with Crippen molar-refractivity contribution in [1.29, 1.82) is 0 Å². The lowest BCUT2D eigenvalue weighted by Gasteiger charge is -2.36. The van der Waals surface area contributed by atoms with Gasteiger partial charge in [0.05, 0.1) is 12.6 Å². The number of likely N-dealkylation sites (N-methyl/N-ethyl adjacent to an activating group) is 1. The van der Waals surface area contributed by atoms with Crippen molar-refractivity contribution in [3.05, 3.63) is 28.7 Å². The first-order valence-electron chi connectivity index (χ1n) is 6.45. The smallest absolute Gasteiger partial charge is 0.0650 e. The summed E-state index contributed by atoms with van der Waals surface area (Å²) in [6.45, 7) is 4.43. The van der Waals surface area contributed by atoms with Crippen LogP contribution in [0.4, 0.5) is 5.69 Å². The van der Waals surface area contributed by atoms with Gasteiger partial charge in [-0.25, -0.2) is 0 Å². The lowest BCUT2D eigenvalue weighted by molar-refractivity contribution is 0.228. The van der Waals surface area contributed by atoms with Crippen LogP contribution in [0.15, 0.2) is 28.7 Å². The molecule has 1 aromatic carbocycles. The van der Waals surface area contributed by atoms with Crippen LogP contribution in [-0.2, 0) is 0 Å². The van der Waals surface area contributed by atoms with Crippen molar-refractivity contribution < 1.29 is 5.11 Å². The normalized spacial score (nSPS) is 26.1. The van der Waals surface area contributed by atoms with Gasteiger partial charge in [0.1, 0.15) is 0 Å². The topological polar surface area (TPSA) is 26.7 Å². The molecular weight excluding hydrogens is 292 g/mol. The van der Waals surface area contributed by atoms with Crippen molar-refractivity contribution in [2.75, 3.05) is 31.6 Å². The molecule has 0 aromatic heterocycles. The fraction of sp³-hybridized carbons (Fsp3) is 0.571. The quantitative estimate of drug-likeness (QED) is 0.908. The second-order valence-electron chi connectivity index (χ2n) is 5.12. The minimum Gasteiger partial charge on any atom is -0.394 e. The maximum atomic E-state index is 9.67. The number of aliphatic hydroxyl groups is 1. The number of anilines is 1. The molecule has 0 aliphatic carbocycles. The largest absolute Gasteiger partial charge is 0.394 e. The van der Waals surface area contributed by atoms with E-state index < -0.39 is 0 Å². The summed E-state index contributed by atoms with van der Waals surface area (Å²) in [7, 11) is 2.12. The summed E-state index contributed by atoms with van der Waals surface area (Å²) in [6.07, 6.45) is 1.12. The Bertz CT molecular complexity index is 399. The molecule has 2 unspecified atom stereocenters. The van der Waals surface area contributed by atoms with Crippen LogP contribution in [0.25, 0.3) is 0 Å². The number of hydrogen-bond donors (Lipinski definition) is 1. The molecule has 1 aromatic rings. The minimum atomic E-state index is 0.168. The average Bonchev–Trinajstić information content (AvgIpc) is 2.49. The van der Waals surface area contributed by atoms with E-state index in [1.165, 1.54) is 5.69 Å². The van der Waals surface area contributed by atoms with Crippen molar-refractivity contribution in [3.8, 4) is 0 Å². The Balaban J connectivity index is 2.31. The Kier molecular flexibility index (Phi) is 4.65. The van der Waals surface area contributed by atoms with Gasteiger partial charge in [0.15, 0.2) is 0 Å². The zero-order chi connectivity index (χ0) is 13.1. The summed E-state index contributed by atoms with van der Waals surface area (Å²) in [5, 5.41) is 9.67. The lowest BCUT2D eigenvalue weighted by Crippen LogP contribution is -2.46. The van der Waals surface area contributed by atoms with E-state index >= 15 is 0 Å². The van der Waals surface area contributed by atoms with E-state index in [1.807, 2.05) is 6.07 Å². The molecule has 2 rings (SSSR count). The van der Waals surface area contributed by atoms with Crippen LogP contribution in [0.3, 0.4) is 0 Å². The van der Waals surface area contributed by atoms with Gasteiger partial charge in [0.25, 0.3) is 0 Å². The minimum absolute atomic E-state index is 0.168. The van der Waals surface area contributed by atoms with Gasteiger partial charge < -0.3 is 14.9 Å². The third-order valence-electron chi connectivity index (χ3n) is 3.64. The highest BCUT2D eigenvalue weighted by Crippen LogP contribution is 2.26. The molecule has 1 aliphatic heterocycles.